The van der Waals surface area contributed by atoms with Crippen LogP contribution >= 0.6 is 22.6 Å². The van der Waals surface area contributed by atoms with Crippen molar-refractivity contribution in [1.82, 2.24) is 0 Å². The third-order valence-corrected chi connectivity index (χ3v) is 2.50. The Morgan fingerprint density at radius 2 is 1.67 bits per heavy atom. The summed E-state index contributed by atoms with van der Waals surface area (Å²) < 4.78 is 39.0. The third-order valence-electron chi connectivity index (χ3n) is 1.65. The van der Waals surface area contributed by atoms with E-state index in [2.05, 4.69) is 4.74 Å². The van der Waals surface area contributed by atoms with Gasteiger partial charge in [0.2, 0.25) is 0 Å². The molecule has 84 valence electrons. The van der Waals surface area contributed by atoms with Crippen LogP contribution in [0.15, 0.2) is 12.1 Å². The second-order valence-corrected chi connectivity index (χ2v) is 3.68. The lowest BCUT2D eigenvalue weighted by Crippen LogP contribution is -2.04. The van der Waals surface area contributed by atoms with Gasteiger partial charge in [0.25, 0.3) is 0 Å². The lowest BCUT2D eigenvalue weighted by Gasteiger charge is -2.12. The summed E-state index contributed by atoms with van der Waals surface area (Å²) in [7, 11) is 2.87. The minimum Gasteiger partial charge on any atom is -0.496 e. The molecule has 0 heterocycles. The first-order chi connectivity index (χ1) is 7.08. The van der Waals surface area contributed by atoms with Crippen molar-refractivity contribution in [1.29, 1.82) is 0 Å². The first-order valence-electron chi connectivity index (χ1n) is 3.94. The molecular formula is C9H9F2IO3. The zero-order valence-corrected chi connectivity index (χ0v) is 10.2. The number of hydrogen-bond acceptors (Lipinski definition) is 3. The Labute approximate surface area is 99.5 Å². The zero-order valence-electron chi connectivity index (χ0n) is 8.09. The van der Waals surface area contributed by atoms with E-state index in [0.29, 0.717) is 9.32 Å². The molecule has 0 spiro atoms. The molecule has 0 atom stereocenters. The molecule has 0 N–H and O–H groups in total. The minimum absolute atomic E-state index is 0.00213. The molecule has 0 aliphatic heterocycles. The summed E-state index contributed by atoms with van der Waals surface area (Å²) >= 11 is 1.96. The fraction of sp³-hybridized carbons (Fsp3) is 0.333. The molecule has 1 rings (SSSR count). The van der Waals surface area contributed by atoms with E-state index in [9.17, 15) is 8.78 Å². The molecule has 0 fully saturated rings. The topological polar surface area (TPSA) is 27.7 Å². The fourth-order valence-electron chi connectivity index (χ4n) is 1.02. The molecule has 0 amide bonds. The van der Waals surface area contributed by atoms with Crippen molar-refractivity contribution in [3.8, 4) is 17.2 Å². The van der Waals surface area contributed by atoms with Crippen LogP contribution < -0.4 is 14.2 Å². The average Bonchev–Trinajstić information content (AvgIpc) is 2.17. The quantitative estimate of drug-likeness (QED) is 0.795. The second-order valence-electron chi connectivity index (χ2n) is 2.52. The van der Waals surface area contributed by atoms with Crippen LogP contribution in [-0.4, -0.2) is 20.8 Å². The van der Waals surface area contributed by atoms with E-state index in [4.69, 9.17) is 9.47 Å². The zero-order chi connectivity index (χ0) is 11.4. The summed E-state index contributed by atoms with van der Waals surface area (Å²) in [5.74, 6) is 0.763. The van der Waals surface area contributed by atoms with Gasteiger partial charge < -0.3 is 14.2 Å². The van der Waals surface area contributed by atoms with E-state index in [-0.39, 0.29) is 11.5 Å². The Bertz CT molecular complexity index is 344. The molecule has 0 saturated carbocycles. The number of benzene rings is 1. The fourth-order valence-corrected chi connectivity index (χ4v) is 1.68. The molecular weight excluding hydrogens is 321 g/mol. The van der Waals surface area contributed by atoms with E-state index in [1.54, 1.807) is 0 Å². The largest absolute Gasteiger partial charge is 0.496 e. The number of ether oxygens (including phenoxy) is 3. The Hall–Kier alpha value is -0.790. The molecule has 0 unspecified atom stereocenters. The highest BCUT2D eigenvalue weighted by molar-refractivity contribution is 14.1. The van der Waals surface area contributed by atoms with Gasteiger partial charge in [0.05, 0.1) is 17.8 Å². The summed E-state index contributed by atoms with van der Waals surface area (Å²) in [4.78, 5) is 0. The monoisotopic (exact) mass is 330 g/mol. The van der Waals surface area contributed by atoms with Gasteiger partial charge in [0.1, 0.15) is 5.75 Å². The standard InChI is InChI=1S/C9H9F2IO3/c1-13-6-4-7(14-2)8(3-5(6)12)15-9(10)11/h3-4,9H,1-2H3. The van der Waals surface area contributed by atoms with Gasteiger partial charge in [-0.3, -0.25) is 0 Å². The summed E-state index contributed by atoms with van der Waals surface area (Å²) in [6.07, 6.45) is 0. The molecule has 0 aromatic heterocycles. The minimum atomic E-state index is -2.87. The summed E-state index contributed by atoms with van der Waals surface area (Å²) in [6.45, 7) is -2.87. The number of halogens is 3. The Morgan fingerprint density at radius 3 is 2.13 bits per heavy atom. The van der Waals surface area contributed by atoms with Crippen LogP contribution in [0.1, 0.15) is 0 Å². The molecule has 0 aliphatic carbocycles. The Morgan fingerprint density at radius 1 is 1.07 bits per heavy atom. The van der Waals surface area contributed by atoms with Gasteiger partial charge in [0.15, 0.2) is 11.5 Å². The van der Waals surface area contributed by atoms with Crippen molar-refractivity contribution in [2.45, 2.75) is 6.61 Å². The lowest BCUT2D eigenvalue weighted by atomic mass is 10.3. The Kier molecular flexibility index (Phi) is 4.37. The van der Waals surface area contributed by atoms with Crippen LogP contribution in [-0.2, 0) is 0 Å². The van der Waals surface area contributed by atoms with Crippen molar-refractivity contribution >= 4 is 22.6 Å². The SMILES string of the molecule is COc1cc(OC)c(OC(F)F)cc1I. The predicted octanol–water partition coefficient (Wildman–Crippen LogP) is 2.91. The van der Waals surface area contributed by atoms with Gasteiger partial charge in [-0.1, -0.05) is 0 Å². The van der Waals surface area contributed by atoms with E-state index in [1.165, 1.54) is 26.4 Å². The molecule has 0 saturated heterocycles. The van der Waals surface area contributed by atoms with Gasteiger partial charge in [-0.05, 0) is 22.6 Å². The predicted molar refractivity (Wildman–Crippen MR) is 58.9 cm³/mol. The van der Waals surface area contributed by atoms with Gasteiger partial charge in [0, 0.05) is 12.1 Å². The first-order valence-corrected chi connectivity index (χ1v) is 5.02. The molecule has 0 aliphatic rings. The van der Waals surface area contributed by atoms with E-state index in [0.717, 1.165) is 0 Å². The maximum atomic E-state index is 12.0. The highest BCUT2D eigenvalue weighted by Crippen LogP contribution is 2.36. The van der Waals surface area contributed by atoms with E-state index >= 15 is 0 Å². The molecule has 3 nitrogen and oxygen atoms in total. The molecule has 1 aromatic rings. The number of alkyl halides is 2. The van der Waals surface area contributed by atoms with Gasteiger partial charge in [-0.25, -0.2) is 0 Å². The number of methoxy groups -OCH3 is 2. The maximum Gasteiger partial charge on any atom is 0.387 e. The van der Waals surface area contributed by atoms with E-state index in [1.807, 2.05) is 22.6 Å². The normalized spacial score (nSPS) is 10.3. The second kappa shape index (κ2) is 5.34. The van der Waals surface area contributed by atoms with Crippen molar-refractivity contribution in [3.63, 3.8) is 0 Å². The van der Waals surface area contributed by atoms with Crippen LogP contribution in [0.3, 0.4) is 0 Å². The molecule has 6 heteroatoms. The van der Waals surface area contributed by atoms with Crippen LogP contribution in [0.2, 0.25) is 0 Å². The lowest BCUT2D eigenvalue weighted by molar-refractivity contribution is -0.0512. The van der Waals surface area contributed by atoms with Crippen LogP contribution in [0.4, 0.5) is 8.78 Å². The van der Waals surface area contributed by atoms with Gasteiger partial charge in [-0.2, -0.15) is 8.78 Å². The van der Waals surface area contributed by atoms with Crippen molar-refractivity contribution in [3.05, 3.63) is 15.7 Å². The van der Waals surface area contributed by atoms with E-state index < -0.39 is 6.61 Å². The first kappa shape index (κ1) is 12.3. The molecule has 0 radical (unpaired) electrons. The van der Waals surface area contributed by atoms with Gasteiger partial charge in [-0.15, -0.1) is 0 Å². The molecule has 0 bridgehead atoms. The molecule has 1 aromatic carbocycles. The maximum absolute atomic E-state index is 12.0. The van der Waals surface area contributed by atoms with Crippen molar-refractivity contribution < 1.29 is 23.0 Å². The van der Waals surface area contributed by atoms with Crippen molar-refractivity contribution in [2.24, 2.45) is 0 Å². The molecule has 15 heavy (non-hydrogen) atoms. The average molecular weight is 330 g/mol. The summed E-state index contributed by atoms with van der Waals surface area (Å²) in [5, 5.41) is 0. The summed E-state index contributed by atoms with van der Waals surface area (Å²) in [6, 6.07) is 2.93. The highest BCUT2D eigenvalue weighted by atomic mass is 127. The summed E-state index contributed by atoms with van der Waals surface area (Å²) in [5.41, 5.74) is 0. The van der Waals surface area contributed by atoms with Crippen LogP contribution in [0.5, 0.6) is 17.2 Å². The number of hydrogen-bond donors (Lipinski definition) is 0. The van der Waals surface area contributed by atoms with Gasteiger partial charge >= 0.3 is 6.61 Å². The smallest absolute Gasteiger partial charge is 0.387 e. The number of rotatable bonds is 4. The van der Waals surface area contributed by atoms with Crippen LogP contribution in [0, 0.1) is 3.57 Å². The van der Waals surface area contributed by atoms with Crippen molar-refractivity contribution in [2.75, 3.05) is 14.2 Å². The Balaban J connectivity index is 3.09. The third kappa shape index (κ3) is 3.08. The van der Waals surface area contributed by atoms with Crippen LogP contribution in [0.25, 0.3) is 0 Å². The highest BCUT2D eigenvalue weighted by Gasteiger charge is 2.14.